The summed E-state index contributed by atoms with van der Waals surface area (Å²) >= 11 is 6.40. The van der Waals surface area contributed by atoms with E-state index in [9.17, 15) is 10.3 Å². The fourth-order valence-corrected chi connectivity index (χ4v) is 3.52. The Hall–Kier alpha value is -2.82. The van der Waals surface area contributed by atoms with Crippen molar-refractivity contribution in [2.75, 3.05) is 0 Å². The molecule has 0 saturated carbocycles. The topological polar surface area (TPSA) is 47.2 Å². The number of fused-ring (bicyclic) bond motifs is 1. The Balaban J connectivity index is 1.92. The average molecular weight is 352 g/mol. The third-order valence-corrected chi connectivity index (χ3v) is 4.94. The number of pyridine rings is 1. The van der Waals surface area contributed by atoms with Crippen LogP contribution in [0.15, 0.2) is 73.2 Å². The van der Waals surface area contributed by atoms with Gasteiger partial charge in [-0.25, -0.2) is 4.48 Å². The third kappa shape index (κ3) is 2.65. The number of phenols is 1. The van der Waals surface area contributed by atoms with Crippen LogP contribution in [0, 0.1) is 5.21 Å². The van der Waals surface area contributed by atoms with Crippen LogP contribution in [0.5, 0.6) is 5.75 Å². The van der Waals surface area contributed by atoms with E-state index in [1.54, 1.807) is 24.3 Å². The van der Waals surface area contributed by atoms with Gasteiger partial charge in [0.05, 0.1) is 12.1 Å². The van der Waals surface area contributed by atoms with Crippen LogP contribution in [0.25, 0.3) is 6.08 Å². The van der Waals surface area contributed by atoms with Gasteiger partial charge in [-0.1, -0.05) is 29.8 Å². The molecule has 0 saturated heterocycles. The average Bonchev–Trinajstić information content (AvgIpc) is 2.96. The summed E-state index contributed by atoms with van der Waals surface area (Å²) in [4.78, 5) is 0. The zero-order valence-corrected chi connectivity index (χ0v) is 14.1. The summed E-state index contributed by atoms with van der Waals surface area (Å²) in [6.07, 6.45) is 7.06. The smallest absolute Gasteiger partial charge is 0.186 e. The minimum Gasteiger partial charge on any atom is -0.619 e. The van der Waals surface area contributed by atoms with Gasteiger partial charge < -0.3 is 10.3 Å². The summed E-state index contributed by atoms with van der Waals surface area (Å²) in [5.41, 5.74) is 3.89. The molecule has 2 aromatic carbocycles. The molecule has 4 rings (SSSR count). The van der Waals surface area contributed by atoms with Crippen molar-refractivity contribution in [3.05, 3.63) is 94.5 Å². The lowest BCUT2D eigenvalue weighted by Gasteiger charge is -2.32. The van der Waals surface area contributed by atoms with E-state index in [-0.39, 0.29) is 5.75 Å². The summed E-state index contributed by atoms with van der Waals surface area (Å²) < 4.78 is 1.12. The molecule has 3 aromatic rings. The molecular weight excluding hydrogens is 336 g/mol. The van der Waals surface area contributed by atoms with Crippen molar-refractivity contribution in [2.24, 2.45) is 0 Å². The first kappa shape index (κ1) is 15.7. The number of hydrogen-bond donors (Lipinski definition) is 1. The summed E-state index contributed by atoms with van der Waals surface area (Å²) in [5.74, 6) is 0.207. The second kappa shape index (κ2) is 5.92. The van der Waals surface area contributed by atoms with E-state index in [1.165, 1.54) is 12.4 Å². The molecular formula is C20H16ClN2O2+. The van der Waals surface area contributed by atoms with Gasteiger partial charge in [-0.3, -0.25) is 0 Å². The minimum atomic E-state index is 0.207. The molecule has 1 unspecified atom stereocenters. The zero-order chi connectivity index (χ0) is 17.4. The van der Waals surface area contributed by atoms with Crippen LogP contribution in [-0.4, -0.2) is 5.11 Å². The molecule has 0 spiro atoms. The molecule has 1 atom stereocenters. The molecule has 0 radical (unpaired) electrons. The molecule has 0 fully saturated rings. The minimum absolute atomic E-state index is 0.207. The van der Waals surface area contributed by atoms with Gasteiger partial charge in [0.25, 0.3) is 0 Å². The molecule has 0 bridgehead atoms. The molecule has 25 heavy (non-hydrogen) atoms. The fraction of sp³-hybridized carbons (Fsp3) is 0.0500. The normalized spacial score (nSPS) is 18.3. The second-order valence-electron chi connectivity index (χ2n) is 6.09. The predicted molar refractivity (Wildman–Crippen MR) is 99.2 cm³/mol. The lowest BCUT2D eigenvalue weighted by atomic mass is 10.1. The Labute approximate surface area is 150 Å². The number of aromatic hydroxyl groups is 1. The quantitative estimate of drug-likeness (QED) is 0.429. The van der Waals surface area contributed by atoms with Crippen molar-refractivity contribution in [3.8, 4) is 5.75 Å². The van der Waals surface area contributed by atoms with Crippen LogP contribution in [0.3, 0.4) is 0 Å². The maximum atomic E-state index is 11.5. The Kier molecular flexibility index (Phi) is 3.71. The SMILES string of the molecule is [O-][n+]1ccc([N+]2(Cc3ccccc3Cl)C=Cc3ccc(O)cc32)cc1. The van der Waals surface area contributed by atoms with E-state index >= 15 is 0 Å². The highest BCUT2D eigenvalue weighted by Crippen LogP contribution is 2.46. The van der Waals surface area contributed by atoms with Crippen LogP contribution in [-0.2, 0) is 6.54 Å². The van der Waals surface area contributed by atoms with Crippen LogP contribution in [0.4, 0.5) is 11.4 Å². The monoisotopic (exact) mass is 351 g/mol. The van der Waals surface area contributed by atoms with Crippen molar-refractivity contribution in [1.29, 1.82) is 0 Å². The molecule has 1 N–H and O–H groups in total. The highest BCUT2D eigenvalue weighted by atomic mass is 35.5. The van der Waals surface area contributed by atoms with Gasteiger partial charge in [-0.05, 0) is 18.2 Å². The van der Waals surface area contributed by atoms with Crippen LogP contribution in [0.2, 0.25) is 5.02 Å². The number of halogens is 1. The van der Waals surface area contributed by atoms with Crippen LogP contribution < -0.4 is 9.21 Å². The molecule has 1 aliphatic heterocycles. The Bertz CT molecular complexity index is 970. The lowest BCUT2D eigenvalue weighted by Crippen LogP contribution is -2.37. The van der Waals surface area contributed by atoms with E-state index < -0.39 is 0 Å². The van der Waals surface area contributed by atoms with Gasteiger partial charge in [-0.15, -0.1) is 0 Å². The summed E-state index contributed by atoms with van der Waals surface area (Å²) in [5, 5.41) is 22.2. The molecule has 1 aromatic heterocycles. The number of hydrogen-bond acceptors (Lipinski definition) is 2. The van der Waals surface area contributed by atoms with Crippen LogP contribution >= 0.6 is 11.6 Å². The van der Waals surface area contributed by atoms with Gasteiger partial charge in [0.2, 0.25) is 0 Å². The molecule has 2 heterocycles. The first-order chi connectivity index (χ1) is 12.1. The molecule has 5 heteroatoms. The summed E-state index contributed by atoms with van der Waals surface area (Å²) in [6, 6.07) is 16.7. The first-order valence-electron chi connectivity index (χ1n) is 7.92. The number of rotatable bonds is 3. The number of phenolic OH excluding ortho intramolecular Hbond substituents is 1. The number of benzene rings is 2. The largest absolute Gasteiger partial charge is 0.619 e. The highest BCUT2D eigenvalue weighted by Gasteiger charge is 2.38. The van der Waals surface area contributed by atoms with E-state index in [2.05, 4.69) is 6.20 Å². The Morgan fingerprint density at radius 3 is 2.56 bits per heavy atom. The zero-order valence-electron chi connectivity index (χ0n) is 13.3. The molecule has 1 aliphatic rings. The number of nitrogens with zero attached hydrogens (tertiary/aromatic N) is 2. The highest BCUT2D eigenvalue weighted by molar-refractivity contribution is 6.31. The van der Waals surface area contributed by atoms with Gasteiger partial charge >= 0.3 is 0 Å². The van der Waals surface area contributed by atoms with Gasteiger partial charge in [0.1, 0.15) is 18.5 Å². The van der Waals surface area contributed by atoms with Gasteiger partial charge in [-0.2, -0.15) is 4.73 Å². The fourth-order valence-electron chi connectivity index (χ4n) is 3.33. The summed E-state index contributed by atoms with van der Waals surface area (Å²) in [7, 11) is 0. The van der Waals surface area contributed by atoms with Crippen molar-refractivity contribution in [2.45, 2.75) is 6.54 Å². The molecule has 4 nitrogen and oxygen atoms in total. The first-order valence-corrected chi connectivity index (χ1v) is 8.30. The molecule has 124 valence electrons. The predicted octanol–water partition coefficient (Wildman–Crippen LogP) is 4.50. The lowest BCUT2D eigenvalue weighted by molar-refractivity contribution is -0.605. The van der Waals surface area contributed by atoms with Crippen molar-refractivity contribution in [3.63, 3.8) is 0 Å². The summed E-state index contributed by atoms with van der Waals surface area (Å²) in [6.45, 7) is 0.579. The van der Waals surface area contributed by atoms with Gasteiger partial charge in [0, 0.05) is 28.3 Å². The van der Waals surface area contributed by atoms with Crippen molar-refractivity contribution in [1.82, 2.24) is 4.48 Å². The maximum Gasteiger partial charge on any atom is 0.186 e. The van der Waals surface area contributed by atoms with E-state index in [0.717, 1.165) is 27.2 Å². The third-order valence-electron chi connectivity index (χ3n) is 4.58. The standard InChI is InChI=1S/C20H15ClN2O2/c21-19-4-2-1-3-16(19)14-23(17-7-10-22(25)11-8-17)12-9-15-5-6-18(24)13-20(15)23/h1-13H,14H2/p+1. The van der Waals surface area contributed by atoms with E-state index in [1.807, 2.05) is 36.4 Å². The van der Waals surface area contributed by atoms with Gasteiger partial charge in [0.15, 0.2) is 23.8 Å². The maximum absolute atomic E-state index is 11.5. The van der Waals surface area contributed by atoms with E-state index in [4.69, 9.17) is 11.6 Å². The number of aromatic nitrogens is 1. The Morgan fingerprint density at radius 1 is 1.04 bits per heavy atom. The van der Waals surface area contributed by atoms with Crippen molar-refractivity contribution < 1.29 is 9.84 Å². The number of quaternary nitrogens is 1. The Morgan fingerprint density at radius 2 is 1.80 bits per heavy atom. The van der Waals surface area contributed by atoms with Crippen LogP contribution in [0.1, 0.15) is 11.1 Å². The van der Waals surface area contributed by atoms with E-state index in [0.29, 0.717) is 16.1 Å². The molecule has 0 aliphatic carbocycles. The van der Waals surface area contributed by atoms with Crippen molar-refractivity contribution >= 4 is 29.1 Å². The second-order valence-corrected chi connectivity index (χ2v) is 6.50. The molecule has 0 amide bonds.